The predicted octanol–water partition coefficient (Wildman–Crippen LogP) is 1.87. The van der Waals surface area contributed by atoms with Gasteiger partial charge in [0.15, 0.2) is 11.9 Å². The molecule has 1 aromatic carbocycles. The van der Waals surface area contributed by atoms with E-state index in [0.29, 0.717) is 5.82 Å². The van der Waals surface area contributed by atoms with E-state index >= 15 is 0 Å². The number of aliphatic hydroxyl groups is 1. The topological polar surface area (TPSA) is 62.4 Å². The highest BCUT2D eigenvalue weighted by atomic mass is 32.2. The molecular weight excluding hydrogens is 274 g/mol. The van der Waals surface area contributed by atoms with Crippen molar-refractivity contribution in [2.45, 2.75) is 12.1 Å². The van der Waals surface area contributed by atoms with Gasteiger partial charge in [-0.2, -0.15) is 16.7 Å². The first-order chi connectivity index (χ1) is 9.75. The van der Waals surface area contributed by atoms with Gasteiger partial charge in [0.1, 0.15) is 0 Å². The summed E-state index contributed by atoms with van der Waals surface area (Å²) in [5, 5.41) is 14.3. The van der Waals surface area contributed by atoms with E-state index in [0.717, 1.165) is 23.6 Å². The van der Waals surface area contributed by atoms with E-state index in [9.17, 15) is 5.11 Å². The van der Waals surface area contributed by atoms with Crippen molar-refractivity contribution in [3.8, 4) is 0 Å². The lowest BCUT2D eigenvalue weighted by molar-refractivity contribution is 0.170. The molecule has 0 aliphatic carbocycles. The molecule has 2 atom stereocenters. The number of aromatic nitrogens is 2. The van der Waals surface area contributed by atoms with Crippen LogP contribution in [0.25, 0.3) is 0 Å². The van der Waals surface area contributed by atoms with Gasteiger partial charge in [0, 0.05) is 18.1 Å². The highest BCUT2D eigenvalue weighted by Crippen LogP contribution is 2.28. The van der Waals surface area contributed by atoms with Gasteiger partial charge in [-0.1, -0.05) is 35.5 Å². The summed E-state index contributed by atoms with van der Waals surface area (Å²) in [5.74, 6) is 3.00. The molecule has 1 aromatic heterocycles. The largest absolute Gasteiger partial charge is 0.378 e. The first-order valence-electron chi connectivity index (χ1n) is 6.60. The van der Waals surface area contributed by atoms with Crippen LogP contribution in [0.15, 0.2) is 34.9 Å². The van der Waals surface area contributed by atoms with E-state index in [4.69, 9.17) is 4.52 Å². The normalized spacial score (nSPS) is 21.8. The van der Waals surface area contributed by atoms with Crippen molar-refractivity contribution in [1.82, 2.24) is 15.0 Å². The molecule has 5 nitrogen and oxygen atoms in total. The Morgan fingerprint density at radius 1 is 1.40 bits per heavy atom. The van der Waals surface area contributed by atoms with E-state index in [1.807, 2.05) is 42.1 Å². The van der Waals surface area contributed by atoms with Crippen molar-refractivity contribution in [1.29, 1.82) is 0 Å². The van der Waals surface area contributed by atoms with Crippen LogP contribution in [-0.4, -0.2) is 45.2 Å². The van der Waals surface area contributed by atoms with Crippen molar-refractivity contribution in [2.75, 3.05) is 25.1 Å². The summed E-state index contributed by atoms with van der Waals surface area (Å²) in [6, 6.07) is 9.51. The Labute approximate surface area is 122 Å². The molecule has 0 saturated carbocycles. The molecule has 3 rings (SSSR count). The average Bonchev–Trinajstić information content (AvgIpc) is 2.97. The fraction of sp³-hybridized carbons (Fsp3) is 0.429. The molecule has 1 aliphatic rings. The Hall–Kier alpha value is -1.37. The quantitative estimate of drug-likeness (QED) is 0.931. The molecule has 1 fully saturated rings. The van der Waals surface area contributed by atoms with E-state index in [-0.39, 0.29) is 11.9 Å². The first kappa shape index (κ1) is 13.6. The van der Waals surface area contributed by atoms with Crippen LogP contribution in [0.2, 0.25) is 0 Å². The maximum atomic E-state index is 10.3. The molecule has 1 saturated heterocycles. The van der Waals surface area contributed by atoms with E-state index in [1.165, 1.54) is 0 Å². The fourth-order valence-corrected chi connectivity index (χ4v) is 3.44. The van der Waals surface area contributed by atoms with Crippen LogP contribution in [0, 0.1) is 0 Å². The lowest BCUT2D eigenvalue weighted by atomic mass is 10.1. The number of thioether (sulfide) groups is 1. The fourth-order valence-electron chi connectivity index (χ4n) is 2.23. The molecular formula is C14H17N3O2S. The third-order valence-electron chi connectivity index (χ3n) is 3.50. The zero-order chi connectivity index (χ0) is 13.9. The Morgan fingerprint density at radius 3 is 2.95 bits per heavy atom. The maximum Gasteiger partial charge on any atom is 0.260 e. The zero-order valence-corrected chi connectivity index (χ0v) is 12.1. The van der Waals surface area contributed by atoms with Crippen LogP contribution in [0.5, 0.6) is 0 Å². The molecule has 0 spiro atoms. The van der Waals surface area contributed by atoms with Crippen LogP contribution in [0.4, 0.5) is 0 Å². The van der Waals surface area contributed by atoms with Crippen molar-refractivity contribution < 1.29 is 9.63 Å². The second kappa shape index (κ2) is 5.95. The summed E-state index contributed by atoms with van der Waals surface area (Å²) in [6.07, 6.45) is -0.862. The molecule has 1 N–H and O–H groups in total. The molecule has 2 unspecified atom stereocenters. The number of aliphatic hydroxyl groups excluding tert-OH is 1. The summed E-state index contributed by atoms with van der Waals surface area (Å²) in [7, 11) is 2.06. The van der Waals surface area contributed by atoms with Gasteiger partial charge in [-0.3, -0.25) is 4.90 Å². The Kier molecular flexibility index (Phi) is 4.05. The van der Waals surface area contributed by atoms with Crippen molar-refractivity contribution >= 4 is 11.8 Å². The summed E-state index contributed by atoms with van der Waals surface area (Å²) in [4.78, 5) is 6.60. The maximum absolute atomic E-state index is 10.3. The van der Waals surface area contributed by atoms with Crippen molar-refractivity contribution in [2.24, 2.45) is 0 Å². The first-order valence-corrected chi connectivity index (χ1v) is 7.75. The number of nitrogens with zero attached hydrogens (tertiary/aromatic N) is 3. The minimum Gasteiger partial charge on any atom is -0.378 e. The van der Waals surface area contributed by atoms with Gasteiger partial charge in [0.25, 0.3) is 5.89 Å². The molecule has 1 aliphatic heterocycles. The van der Waals surface area contributed by atoms with Crippen molar-refractivity contribution in [3.63, 3.8) is 0 Å². The van der Waals surface area contributed by atoms with Crippen molar-refractivity contribution in [3.05, 3.63) is 47.6 Å². The molecule has 0 radical (unpaired) electrons. The van der Waals surface area contributed by atoms with Gasteiger partial charge in [-0.15, -0.1) is 0 Å². The number of benzene rings is 1. The number of hydrogen-bond donors (Lipinski definition) is 1. The second-order valence-corrected chi connectivity index (χ2v) is 6.03. The summed E-state index contributed by atoms with van der Waals surface area (Å²) >= 11 is 1.89. The molecule has 6 heteroatoms. The monoisotopic (exact) mass is 291 g/mol. The molecule has 2 aromatic rings. The SMILES string of the molecule is CN1CCSCC1c1noc(C(O)c2ccccc2)n1. The summed E-state index contributed by atoms with van der Waals surface area (Å²) in [5.41, 5.74) is 0.758. The molecule has 106 valence electrons. The Bertz CT molecular complexity index is 561. The minimum absolute atomic E-state index is 0.161. The number of hydrogen-bond acceptors (Lipinski definition) is 6. The predicted molar refractivity (Wildman–Crippen MR) is 77.5 cm³/mol. The van der Waals surface area contributed by atoms with Crippen LogP contribution < -0.4 is 0 Å². The smallest absolute Gasteiger partial charge is 0.260 e. The van der Waals surface area contributed by atoms with Gasteiger partial charge in [0.2, 0.25) is 0 Å². The zero-order valence-electron chi connectivity index (χ0n) is 11.3. The highest BCUT2D eigenvalue weighted by Gasteiger charge is 2.27. The highest BCUT2D eigenvalue weighted by molar-refractivity contribution is 7.99. The van der Waals surface area contributed by atoms with Crippen LogP contribution in [0.3, 0.4) is 0 Å². The van der Waals surface area contributed by atoms with Gasteiger partial charge < -0.3 is 9.63 Å². The van der Waals surface area contributed by atoms with Crippen LogP contribution in [0.1, 0.15) is 29.4 Å². The third-order valence-corrected chi connectivity index (χ3v) is 4.52. The van der Waals surface area contributed by atoms with Crippen LogP contribution >= 0.6 is 11.8 Å². The van der Waals surface area contributed by atoms with Gasteiger partial charge in [-0.25, -0.2) is 0 Å². The Morgan fingerprint density at radius 2 is 2.20 bits per heavy atom. The van der Waals surface area contributed by atoms with E-state index in [1.54, 1.807) is 0 Å². The second-order valence-electron chi connectivity index (χ2n) is 4.88. The van der Waals surface area contributed by atoms with Gasteiger partial charge >= 0.3 is 0 Å². The van der Waals surface area contributed by atoms with E-state index in [2.05, 4.69) is 22.1 Å². The summed E-state index contributed by atoms with van der Waals surface area (Å²) < 4.78 is 5.24. The van der Waals surface area contributed by atoms with Gasteiger partial charge in [0.05, 0.1) is 6.04 Å². The van der Waals surface area contributed by atoms with Gasteiger partial charge in [-0.05, 0) is 12.6 Å². The third kappa shape index (κ3) is 2.72. The lowest BCUT2D eigenvalue weighted by Gasteiger charge is -2.29. The molecule has 0 bridgehead atoms. The summed E-state index contributed by atoms with van der Waals surface area (Å²) in [6.45, 7) is 1.01. The minimum atomic E-state index is -0.862. The average molecular weight is 291 g/mol. The number of rotatable bonds is 3. The molecule has 20 heavy (non-hydrogen) atoms. The molecule has 2 heterocycles. The lowest BCUT2D eigenvalue weighted by Crippen LogP contribution is -2.33. The van der Waals surface area contributed by atoms with Crippen LogP contribution in [-0.2, 0) is 0 Å². The van der Waals surface area contributed by atoms with E-state index < -0.39 is 6.10 Å². The molecule has 0 amide bonds. The standard InChI is InChI=1S/C14H17N3O2S/c1-17-7-8-20-9-11(17)13-15-14(19-16-13)12(18)10-5-3-2-4-6-10/h2-6,11-12,18H,7-9H2,1H3. The Balaban J connectivity index is 1.79.